The number of piperidine rings is 1. The normalized spacial score (nSPS) is 15.1. The third kappa shape index (κ3) is 4.71. The van der Waals surface area contributed by atoms with Crippen LogP contribution in [0.1, 0.15) is 28.1 Å². The Morgan fingerprint density at radius 3 is 2.74 bits per heavy atom. The Labute approximate surface area is 252 Å². The van der Waals surface area contributed by atoms with Gasteiger partial charge in [-0.25, -0.2) is 4.98 Å². The fourth-order valence-corrected chi connectivity index (χ4v) is 6.43. The van der Waals surface area contributed by atoms with Gasteiger partial charge in [0.2, 0.25) is 11.5 Å². The van der Waals surface area contributed by atoms with Gasteiger partial charge in [0.05, 0.1) is 22.1 Å². The van der Waals surface area contributed by atoms with Crippen LogP contribution in [0.3, 0.4) is 0 Å². The van der Waals surface area contributed by atoms with Gasteiger partial charge < -0.3 is 35.3 Å². The number of nitrogens with zero attached hydrogens (tertiary/aromatic N) is 4. The van der Waals surface area contributed by atoms with Gasteiger partial charge in [0, 0.05) is 25.3 Å². The Balaban J connectivity index is 1.37. The van der Waals surface area contributed by atoms with E-state index in [1.54, 1.807) is 29.3 Å². The summed E-state index contributed by atoms with van der Waals surface area (Å²) >= 11 is 1.28. The summed E-state index contributed by atoms with van der Waals surface area (Å²) in [6.45, 7) is 7.25. The van der Waals surface area contributed by atoms with E-state index in [0.717, 1.165) is 35.0 Å². The zero-order valence-electron chi connectivity index (χ0n) is 23.0. The second-order valence-electron chi connectivity index (χ2n) is 10.3. The molecule has 0 unspecified atom stereocenters. The molecule has 14 heteroatoms. The zero-order chi connectivity index (χ0) is 30.6. The van der Waals surface area contributed by atoms with Gasteiger partial charge in [0.1, 0.15) is 36.6 Å². The van der Waals surface area contributed by atoms with Crippen LogP contribution in [0.5, 0.6) is 28.7 Å². The molecule has 11 nitrogen and oxygen atoms in total. The number of phenols is 3. The van der Waals surface area contributed by atoms with Crippen LogP contribution in [0.4, 0.5) is 0 Å². The third-order valence-electron chi connectivity index (χ3n) is 7.54. The summed E-state index contributed by atoms with van der Waals surface area (Å²) in [5, 5.41) is 43.8. The second-order valence-corrected chi connectivity index (χ2v) is 11.3. The van der Waals surface area contributed by atoms with Crippen molar-refractivity contribution in [2.24, 2.45) is 0 Å². The molecule has 43 heavy (non-hydrogen) atoms. The van der Waals surface area contributed by atoms with Gasteiger partial charge in [0.15, 0.2) is 17.7 Å². The highest BCUT2D eigenvalue weighted by molar-refractivity contribution is 7.21. The predicted octanol–water partition coefficient (Wildman–Crippen LogP) is 1.74. The molecule has 0 aliphatic carbocycles. The molecule has 4 radical (unpaired) electrons. The summed E-state index contributed by atoms with van der Waals surface area (Å²) < 4.78 is 7.60. The van der Waals surface area contributed by atoms with Crippen LogP contribution < -0.4 is 26.5 Å². The number of aromatic hydroxyl groups is 3. The molecule has 6 rings (SSSR count). The van der Waals surface area contributed by atoms with E-state index < -0.39 is 23.0 Å². The van der Waals surface area contributed by atoms with Crippen molar-refractivity contribution in [2.75, 3.05) is 13.1 Å². The van der Waals surface area contributed by atoms with E-state index in [4.69, 9.17) is 20.4 Å². The lowest BCUT2D eigenvalue weighted by Gasteiger charge is -2.29. The summed E-state index contributed by atoms with van der Waals surface area (Å²) in [5.41, 5.74) is 2.71. The Hall–Kier alpha value is -5.02. The molecule has 0 bridgehead atoms. The fraction of sp³-hybridized carbons (Fsp3) is 0.207. The largest absolute Gasteiger partial charge is 0.505 e. The lowest BCUT2D eigenvalue weighted by atomic mass is 9.79. The van der Waals surface area contributed by atoms with Gasteiger partial charge in [-0.15, -0.1) is 11.3 Å². The number of nitriles is 1. The number of pyridine rings is 1. The molecule has 1 aliphatic heterocycles. The Morgan fingerprint density at radius 1 is 1.23 bits per heavy atom. The number of hydrogen-bond donors (Lipinski definition) is 5. The number of benzene rings is 2. The molecular weight excluding hydrogens is 566 g/mol. The lowest BCUT2D eigenvalue weighted by molar-refractivity contribution is 0.0923. The molecule has 2 aromatic carbocycles. The smallest absolute Gasteiger partial charge is 0.263 e. The first kappa shape index (κ1) is 28.1. The molecule has 4 heterocycles. The number of likely N-dealkylation sites (tertiary alicyclic amines) is 1. The molecule has 212 valence electrons. The summed E-state index contributed by atoms with van der Waals surface area (Å²) in [5.74, 6) is -2.45. The molecule has 5 aromatic rings. The van der Waals surface area contributed by atoms with E-state index in [0.29, 0.717) is 33.8 Å². The van der Waals surface area contributed by atoms with Crippen LogP contribution in [-0.2, 0) is 0 Å². The highest BCUT2D eigenvalue weighted by Gasteiger charge is 2.26. The summed E-state index contributed by atoms with van der Waals surface area (Å²) in [6.07, 6.45) is 5.46. The van der Waals surface area contributed by atoms with Crippen molar-refractivity contribution in [3.8, 4) is 40.6 Å². The minimum Gasteiger partial charge on any atom is -0.505 e. The Morgan fingerprint density at radius 2 is 2.00 bits per heavy atom. The van der Waals surface area contributed by atoms with Crippen LogP contribution in [0.25, 0.3) is 33.5 Å². The monoisotopic (exact) mass is 590 g/mol. The molecule has 1 saturated heterocycles. The van der Waals surface area contributed by atoms with Crippen molar-refractivity contribution in [1.29, 1.82) is 5.26 Å². The van der Waals surface area contributed by atoms with E-state index in [2.05, 4.69) is 28.1 Å². The fourth-order valence-electron chi connectivity index (χ4n) is 5.41. The van der Waals surface area contributed by atoms with Crippen molar-refractivity contribution in [3.05, 3.63) is 46.4 Å². The number of hydrogen-bond acceptors (Lipinski definition) is 9. The zero-order valence-corrected chi connectivity index (χ0v) is 23.8. The first-order chi connectivity index (χ1) is 20.6. The van der Waals surface area contributed by atoms with Crippen LogP contribution in [0, 0.1) is 18.4 Å². The van der Waals surface area contributed by atoms with Gasteiger partial charge >= 0.3 is 0 Å². The number of nitrogens with one attached hydrogen (secondary N) is 2. The average Bonchev–Trinajstić information content (AvgIpc) is 3.37. The minimum atomic E-state index is -0.741. The van der Waals surface area contributed by atoms with Crippen molar-refractivity contribution < 1.29 is 24.9 Å². The van der Waals surface area contributed by atoms with Crippen molar-refractivity contribution in [2.45, 2.75) is 25.8 Å². The number of phenolic OH excluding ortho intramolecular Hbond substituents is 3. The topological polar surface area (TPSA) is 160 Å². The molecule has 1 atom stereocenters. The number of carbonyl (C=O) groups excluding carboxylic acids is 1. The molecule has 1 fully saturated rings. The van der Waals surface area contributed by atoms with E-state index in [1.807, 2.05) is 17.6 Å². The van der Waals surface area contributed by atoms with E-state index in [-0.39, 0.29) is 28.6 Å². The maximum absolute atomic E-state index is 13.4. The van der Waals surface area contributed by atoms with E-state index in [9.17, 15) is 25.4 Å². The van der Waals surface area contributed by atoms with Crippen LogP contribution in [0.15, 0.2) is 30.5 Å². The lowest BCUT2D eigenvalue weighted by Crippen LogP contribution is -2.46. The van der Waals surface area contributed by atoms with E-state index in [1.165, 1.54) is 11.3 Å². The number of H-pyrrole nitrogens is 1. The maximum Gasteiger partial charge on any atom is 0.263 e. The number of amides is 1. The first-order valence-corrected chi connectivity index (χ1v) is 14.1. The summed E-state index contributed by atoms with van der Waals surface area (Å²) in [4.78, 5) is 24.0. The number of carbonyl (C=O) groups is 1. The first-order valence-electron chi connectivity index (χ1n) is 13.3. The van der Waals surface area contributed by atoms with Crippen molar-refractivity contribution in [3.63, 3.8) is 0 Å². The maximum atomic E-state index is 13.4. The average molecular weight is 590 g/mol. The number of aromatic amines is 1. The van der Waals surface area contributed by atoms with Gasteiger partial charge in [-0.3, -0.25) is 9.36 Å². The molecule has 1 aliphatic rings. The SMILES string of the molecule is [B]c1c([B])c(O)c(Oc2ccc(-n3c(=C)[nH]c4c(C(=O)N[C@@H]5CCCN(C#N)C5)sc5nccc3c54)c(C)c2)c(O)c1O. The van der Waals surface area contributed by atoms with Crippen LogP contribution in [0.2, 0.25) is 0 Å². The second kappa shape index (κ2) is 10.7. The third-order valence-corrected chi connectivity index (χ3v) is 8.63. The molecule has 0 spiro atoms. The van der Waals surface area contributed by atoms with Crippen molar-refractivity contribution in [1.82, 2.24) is 24.8 Å². The van der Waals surface area contributed by atoms with Gasteiger partial charge in [0.25, 0.3) is 5.91 Å². The van der Waals surface area contributed by atoms with E-state index >= 15 is 0 Å². The van der Waals surface area contributed by atoms with Gasteiger partial charge in [-0.05, 0) is 49.6 Å². The Bertz CT molecular complexity index is 2020. The number of rotatable bonds is 5. The highest BCUT2D eigenvalue weighted by atomic mass is 32.1. The minimum absolute atomic E-state index is 0.130. The summed E-state index contributed by atoms with van der Waals surface area (Å²) in [7, 11) is 11.3. The molecule has 0 saturated carbocycles. The Kier molecular flexibility index (Phi) is 6.98. The van der Waals surface area contributed by atoms with Crippen LogP contribution >= 0.6 is 11.3 Å². The van der Waals surface area contributed by atoms with Gasteiger partial charge in [-0.2, -0.15) is 5.26 Å². The quantitative estimate of drug-likeness (QED) is 0.0897. The number of aryl methyl sites for hydroxylation is 1. The number of ether oxygens (including phenoxy) is 1. The highest BCUT2D eigenvalue weighted by Crippen LogP contribution is 2.42. The number of thiophene rings is 1. The molecule has 3 aromatic heterocycles. The molecule has 1 amide bonds. The standard InChI is InChI=1S/C29H24B2N6O5S/c1-13-10-16(42-26-24(39)21(31)20(30)23(38)25(26)40)5-6-17(13)37-14(2)34-22-19-18(37)7-8-33-29(19)43-27(22)28(41)35-15-4-3-9-36(11-15)12-32/h5-8,10,15,34,38-40H,2-4,9,11H2,1H3,(H,35,41)/t15-/m1/s1. The summed E-state index contributed by atoms with van der Waals surface area (Å²) in [6, 6.07) is 6.79. The van der Waals surface area contributed by atoms with Crippen LogP contribution in [-0.4, -0.2) is 75.5 Å². The van der Waals surface area contributed by atoms with Crippen molar-refractivity contribution >= 4 is 71.7 Å². The molecule has 5 N–H and O–H groups in total. The molecular formula is C29H24B2N6O5S. The number of aromatic nitrogens is 3. The predicted molar refractivity (Wildman–Crippen MR) is 165 cm³/mol. The van der Waals surface area contributed by atoms with Gasteiger partial charge in [-0.1, -0.05) is 17.5 Å².